The van der Waals surface area contributed by atoms with Crippen molar-refractivity contribution in [3.05, 3.63) is 0 Å². The molecule has 0 aromatic rings. The lowest BCUT2D eigenvalue weighted by molar-refractivity contribution is -0.130. The van der Waals surface area contributed by atoms with Crippen molar-refractivity contribution in [3.63, 3.8) is 0 Å². The molecule has 1 aliphatic heterocycles. The zero-order valence-electron chi connectivity index (χ0n) is 9.10. The van der Waals surface area contributed by atoms with E-state index in [2.05, 4.69) is 24.5 Å². The summed E-state index contributed by atoms with van der Waals surface area (Å²) in [5.41, 5.74) is -0.109. The fraction of sp³-hybridized carbons (Fsp3) is 0.909. The van der Waals surface area contributed by atoms with Crippen LogP contribution in [0.5, 0.6) is 0 Å². The molecule has 14 heavy (non-hydrogen) atoms. The first-order valence-electron chi connectivity index (χ1n) is 5.69. The molecule has 2 N–H and O–H groups in total. The summed E-state index contributed by atoms with van der Waals surface area (Å²) in [4.78, 5) is 12.0. The van der Waals surface area contributed by atoms with Crippen LogP contribution < -0.4 is 10.6 Å². The Labute approximate surface area is 85.6 Å². The van der Waals surface area contributed by atoms with Gasteiger partial charge in [-0.3, -0.25) is 4.79 Å². The van der Waals surface area contributed by atoms with Crippen molar-refractivity contribution in [1.29, 1.82) is 0 Å². The van der Waals surface area contributed by atoms with E-state index in [0.29, 0.717) is 12.0 Å². The van der Waals surface area contributed by atoms with Crippen molar-refractivity contribution in [2.75, 3.05) is 13.1 Å². The first-order valence-corrected chi connectivity index (χ1v) is 5.69. The van der Waals surface area contributed by atoms with E-state index in [9.17, 15) is 4.79 Å². The third-order valence-corrected chi connectivity index (χ3v) is 3.83. The Balaban J connectivity index is 1.94. The number of rotatable bonds is 3. The molecule has 1 saturated heterocycles. The smallest absolute Gasteiger partial charge is 0.227 e. The van der Waals surface area contributed by atoms with Gasteiger partial charge in [0.15, 0.2) is 0 Å². The molecule has 1 heterocycles. The summed E-state index contributed by atoms with van der Waals surface area (Å²) in [5, 5.41) is 6.45. The molecular weight excluding hydrogens is 176 g/mol. The van der Waals surface area contributed by atoms with E-state index >= 15 is 0 Å². The van der Waals surface area contributed by atoms with Gasteiger partial charge in [-0.05, 0) is 31.7 Å². The highest BCUT2D eigenvalue weighted by Gasteiger charge is 2.43. The number of nitrogens with one attached hydrogen (secondary N) is 2. The highest BCUT2D eigenvalue weighted by Crippen LogP contribution is 2.34. The second-order valence-corrected chi connectivity index (χ2v) is 4.85. The minimum atomic E-state index is -0.109. The predicted molar refractivity (Wildman–Crippen MR) is 55.9 cm³/mol. The largest absolute Gasteiger partial charge is 0.353 e. The van der Waals surface area contributed by atoms with Gasteiger partial charge in [-0.2, -0.15) is 0 Å². The van der Waals surface area contributed by atoms with Crippen LogP contribution in [0.1, 0.15) is 33.1 Å². The molecule has 2 rings (SSSR count). The Morgan fingerprint density at radius 1 is 1.64 bits per heavy atom. The fourth-order valence-corrected chi connectivity index (χ4v) is 2.24. The van der Waals surface area contributed by atoms with E-state index in [1.807, 2.05) is 0 Å². The van der Waals surface area contributed by atoms with Crippen molar-refractivity contribution in [3.8, 4) is 0 Å². The normalized spacial score (nSPS) is 41.0. The highest BCUT2D eigenvalue weighted by molar-refractivity contribution is 5.83. The molecule has 2 aliphatic rings. The van der Waals surface area contributed by atoms with Gasteiger partial charge in [0.1, 0.15) is 0 Å². The molecule has 80 valence electrons. The lowest BCUT2D eigenvalue weighted by atomic mass is 9.83. The summed E-state index contributed by atoms with van der Waals surface area (Å²) in [6, 6.07) is 0.464. The van der Waals surface area contributed by atoms with Gasteiger partial charge in [0, 0.05) is 12.6 Å². The highest BCUT2D eigenvalue weighted by atomic mass is 16.2. The maximum Gasteiger partial charge on any atom is 0.227 e. The summed E-state index contributed by atoms with van der Waals surface area (Å²) >= 11 is 0. The minimum absolute atomic E-state index is 0.109. The number of carbonyl (C=O) groups is 1. The molecule has 0 aromatic heterocycles. The minimum Gasteiger partial charge on any atom is -0.353 e. The van der Waals surface area contributed by atoms with Crippen molar-refractivity contribution in [2.24, 2.45) is 11.3 Å². The van der Waals surface area contributed by atoms with Gasteiger partial charge >= 0.3 is 0 Å². The monoisotopic (exact) mass is 196 g/mol. The summed E-state index contributed by atoms with van der Waals surface area (Å²) in [6.07, 6.45) is 3.11. The first-order chi connectivity index (χ1) is 6.68. The van der Waals surface area contributed by atoms with Crippen LogP contribution in [0.4, 0.5) is 0 Å². The molecule has 3 atom stereocenters. The van der Waals surface area contributed by atoms with E-state index in [-0.39, 0.29) is 11.3 Å². The molecule has 3 heteroatoms. The van der Waals surface area contributed by atoms with Gasteiger partial charge in [-0.25, -0.2) is 0 Å². The second-order valence-electron chi connectivity index (χ2n) is 4.85. The van der Waals surface area contributed by atoms with E-state index < -0.39 is 0 Å². The van der Waals surface area contributed by atoms with Gasteiger partial charge in [0.2, 0.25) is 5.91 Å². The third kappa shape index (κ3) is 1.65. The Kier molecular flexibility index (Phi) is 2.52. The van der Waals surface area contributed by atoms with Gasteiger partial charge in [-0.1, -0.05) is 13.8 Å². The van der Waals surface area contributed by atoms with E-state index in [1.165, 1.54) is 6.42 Å². The zero-order chi connectivity index (χ0) is 10.2. The SMILES string of the molecule is CCC1(C(=O)NC2CC2C)CCNC1. The number of carbonyl (C=O) groups excluding carboxylic acids is 1. The van der Waals surface area contributed by atoms with Crippen molar-refractivity contribution < 1.29 is 4.79 Å². The van der Waals surface area contributed by atoms with Crippen LogP contribution in [-0.2, 0) is 4.79 Å². The van der Waals surface area contributed by atoms with Crippen molar-refractivity contribution in [1.82, 2.24) is 10.6 Å². The lowest BCUT2D eigenvalue weighted by Gasteiger charge is -2.25. The third-order valence-electron chi connectivity index (χ3n) is 3.83. The number of hydrogen-bond donors (Lipinski definition) is 2. The molecule has 3 nitrogen and oxygen atoms in total. The van der Waals surface area contributed by atoms with Gasteiger partial charge < -0.3 is 10.6 Å². The summed E-state index contributed by atoms with van der Waals surface area (Å²) < 4.78 is 0. The van der Waals surface area contributed by atoms with Crippen LogP contribution in [0, 0.1) is 11.3 Å². The van der Waals surface area contributed by atoms with Crippen LogP contribution in [0.25, 0.3) is 0 Å². The fourth-order valence-electron chi connectivity index (χ4n) is 2.24. The molecule has 0 bridgehead atoms. The summed E-state index contributed by atoms with van der Waals surface area (Å²) in [7, 11) is 0. The number of amides is 1. The van der Waals surface area contributed by atoms with Gasteiger partial charge in [0.05, 0.1) is 5.41 Å². The molecule has 0 aromatic carbocycles. The van der Waals surface area contributed by atoms with Gasteiger partial charge in [0.25, 0.3) is 0 Å². The average molecular weight is 196 g/mol. The first kappa shape index (κ1) is 9.97. The Bertz CT molecular complexity index is 233. The molecule has 1 amide bonds. The Hall–Kier alpha value is -0.570. The Morgan fingerprint density at radius 3 is 2.79 bits per heavy atom. The predicted octanol–water partition coefficient (Wildman–Crippen LogP) is 0.901. The van der Waals surface area contributed by atoms with Crippen molar-refractivity contribution >= 4 is 5.91 Å². The molecule has 3 unspecified atom stereocenters. The van der Waals surface area contributed by atoms with Crippen molar-refractivity contribution in [2.45, 2.75) is 39.2 Å². The lowest BCUT2D eigenvalue weighted by Crippen LogP contribution is -2.43. The van der Waals surface area contributed by atoms with Gasteiger partial charge in [-0.15, -0.1) is 0 Å². The zero-order valence-corrected chi connectivity index (χ0v) is 9.10. The molecule has 2 fully saturated rings. The van der Waals surface area contributed by atoms with Crippen LogP contribution in [0.3, 0.4) is 0 Å². The molecule has 0 spiro atoms. The topological polar surface area (TPSA) is 41.1 Å². The van der Waals surface area contributed by atoms with Crippen LogP contribution in [-0.4, -0.2) is 25.0 Å². The maximum absolute atomic E-state index is 12.0. The van der Waals surface area contributed by atoms with Crippen LogP contribution in [0.2, 0.25) is 0 Å². The van der Waals surface area contributed by atoms with E-state index in [0.717, 1.165) is 25.9 Å². The standard InChI is InChI=1S/C11H20N2O/c1-3-11(4-5-12-7-11)10(14)13-9-6-8(9)2/h8-9,12H,3-7H2,1-2H3,(H,13,14). The quantitative estimate of drug-likeness (QED) is 0.704. The number of hydrogen-bond acceptors (Lipinski definition) is 2. The summed E-state index contributed by atoms with van der Waals surface area (Å²) in [6.45, 7) is 6.15. The maximum atomic E-state index is 12.0. The second kappa shape index (κ2) is 3.54. The van der Waals surface area contributed by atoms with Crippen LogP contribution in [0.15, 0.2) is 0 Å². The summed E-state index contributed by atoms with van der Waals surface area (Å²) in [5.74, 6) is 0.974. The average Bonchev–Trinajstić information content (AvgIpc) is 2.73. The van der Waals surface area contributed by atoms with E-state index in [4.69, 9.17) is 0 Å². The Morgan fingerprint density at radius 2 is 2.36 bits per heavy atom. The van der Waals surface area contributed by atoms with E-state index in [1.54, 1.807) is 0 Å². The molecule has 0 radical (unpaired) electrons. The molecule has 1 aliphatic carbocycles. The molecular formula is C11H20N2O. The van der Waals surface area contributed by atoms with Crippen LogP contribution >= 0.6 is 0 Å². The molecule has 1 saturated carbocycles.